The summed E-state index contributed by atoms with van der Waals surface area (Å²) in [6.07, 6.45) is 2.09. The molecule has 0 saturated carbocycles. The van der Waals surface area contributed by atoms with Crippen molar-refractivity contribution in [2.24, 2.45) is 5.92 Å². The minimum atomic E-state index is -3.68. The Kier molecular flexibility index (Phi) is 6.69. The van der Waals surface area contributed by atoms with Crippen molar-refractivity contribution in [3.05, 3.63) is 24.3 Å². The predicted molar refractivity (Wildman–Crippen MR) is 101 cm³/mol. The topological polar surface area (TPSA) is 93.2 Å². The lowest BCUT2D eigenvalue weighted by Crippen LogP contribution is -2.51. The summed E-state index contributed by atoms with van der Waals surface area (Å²) < 4.78 is 35.7. The smallest absolute Gasteiger partial charge is 0.308 e. The number of nitrogens with zero attached hydrogens (tertiary/aromatic N) is 2. The van der Waals surface area contributed by atoms with Gasteiger partial charge >= 0.3 is 5.97 Å². The summed E-state index contributed by atoms with van der Waals surface area (Å²) in [5.41, 5.74) is 0.392. The van der Waals surface area contributed by atoms with E-state index in [2.05, 4.69) is 0 Å². The lowest BCUT2D eigenvalue weighted by Gasteiger charge is -2.36. The lowest BCUT2D eigenvalue weighted by molar-refractivity contribution is -0.149. The summed E-state index contributed by atoms with van der Waals surface area (Å²) in [6, 6.07) is 5.60. The fourth-order valence-corrected chi connectivity index (χ4v) is 4.47. The molecule has 1 atom stereocenters. The number of hydrogen-bond acceptors (Lipinski definition) is 6. The number of piperidine rings is 1. The Labute approximate surface area is 160 Å². The van der Waals surface area contributed by atoms with Crippen molar-refractivity contribution in [1.29, 1.82) is 0 Å². The fraction of sp³-hybridized carbons (Fsp3) is 0.556. The molecule has 0 spiro atoms. The zero-order valence-electron chi connectivity index (χ0n) is 16.0. The number of hydrogen-bond donors (Lipinski definition) is 0. The van der Waals surface area contributed by atoms with Crippen LogP contribution in [-0.2, 0) is 24.3 Å². The number of anilines is 1. The first-order chi connectivity index (χ1) is 12.7. The molecule has 0 radical (unpaired) electrons. The molecule has 0 N–H and O–H groups in total. The van der Waals surface area contributed by atoms with Gasteiger partial charge in [0.15, 0.2) is 0 Å². The maximum Gasteiger partial charge on any atom is 0.308 e. The van der Waals surface area contributed by atoms with Crippen LogP contribution in [0.4, 0.5) is 5.69 Å². The molecular formula is C18H26N2O6S. The van der Waals surface area contributed by atoms with E-state index in [-0.39, 0.29) is 17.8 Å². The number of ether oxygens (including phenoxy) is 2. The average Bonchev–Trinajstić information content (AvgIpc) is 2.66. The molecule has 1 amide bonds. The second-order valence-electron chi connectivity index (χ2n) is 6.56. The first-order valence-electron chi connectivity index (χ1n) is 8.69. The molecule has 1 aliphatic heterocycles. The average molecular weight is 398 g/mol. The van der Waals surface area contributed by atoms with E-state index >= 15 is 0 Å². The third-order valence-corrected chi connectivity index (χ3v) is 5.98. The van der Waals surface area contributed by atoms with Gasteiger partial charge in [-0.05, 0) is 44.0 Å². The van der Waals surface area contributed by atoms with Crippen LogP contribution in [-0.4, -0.2) is 64.8 Å². The number of carbonyl (C=O) groups excluding carboxylic acids is 2. The second kappa shape index (κ2) is 8.60. The van der Waals surface area contributed by atoms with Crippen LogP contribution in [0.25, 0.3) is 0 Å². The zero-order chi connectivity index (χ0) is 20.2. The fourth-order valence-electron chi connectivity index (χ4n) is 3.30. The molecule has 1 aromatic rings. The number of benzene rings is 1. The molecule has 0 aromatic heterocycles. The minimum absolute atomic E-state index is 0.220. The number of methoxy groups -OCH3 is 2. The second-order valence-corrected chi connectivity index (χ2v) is 8.41. The van der Waals surface area contributed by atoms with E-state index in [1.54, 1.807) is 36.1 Å². The first kappa shape index (κ1) is 21.0. The van der Waals surface area contributed by atoms with Crippen molar-refractivity contribution >= 4 is 27.6 Å². The predicted octanol–water partition coefficient (Wildman–Crippen LogP) is 1.26. The van der Waals surface area contributed by atoms with Gasteiger partial charge < -0.3 is 14.4 Å². The first-order valence-corrected chi connectivity index (χ1v) is 10.5. The van der Waals surface area contributed by atoms with Crippen LogP contribution in [0.2, 0.25) is 0 Å². The van der Waals surface area contributed by atoms with Crippen LogP contribution in [0.1, 0.15) is 19.8 Å². The zero-order valence-corrected chi connectivity index (χ0v) is 16.9. The molecule has 1 aliphatic rings. The molecule has 0 aliphatic carbocycles. The van der Waals surface area contributed by atoms with Gasteiger partial charge in [0.2, 0.25) is 15.9 Å². The van der Waals surface area contributed by atoms with Gasteiger partial charge in [0.25, 0.3) is 0 Å². The molecule has 0 bridgehead atoms. The standard InChI is InChI=1S/C18H26N2O6S/c1-13(17(21)19-11-9-14(10-12-19)18(22)26-3)20(27(4,23)24)15-5-7-16(25-2)8-6-15/h5-8,13-14H,9-12H2,1-4H3/t13-/m1/s1. The number of likely N-dealkylation sites (tertiary alicyclic amines) is 1. The van der Waals surface area contributed by atoms with E-state index in [0.29, 0.717) is 37.4 Å². The van der Waals surface area contributed by atoms with Gasteiger partial charge in [-0.15, -0.1) is 0 Å². The largest absolute Gasteiger partial charge is 0.497 e. The van der Waals surface area contributed by atoms with Gasteiger partial charge in [0.1, 0.15) is 11.8 Å². The highest BCUT2D eigenvalue weighted by atomic mass is 32.2. The normalized spacial score (nSPS) is 16.5. The van der Waals surface area contributed by atoms with Crippen molar-refractivity contribution in [3.63, 3.8) is 0 Å². The number of amides is 1. The van der Waals surface area contributed by atoms with Crippen LogP contribution < -0.4 is 9.04 Å². The van der Waals surface area contributed by atoms with Crippen LogP contribution in [0, 0.1) is 5.92 Å². The highest BCUT2D eigenvalue weighted by molar-refractivity contribution is 7.92. The summed E-state index contributed by atoms with van der Waals surface area (Å²) >= 11 is 0. The molecule has 1 heterocycles. The molecule has 1 aromatic carbocycles. The van der Waals surface area contributed by atoms with Gasteiger partial charge in [-0.25, -0.2) is 8.42 Å². The highest BCUT2D eigenvalue weighted by Gasteiger charge is 2.35. The van der Waals surface area contributed by atoms with Gasteiger partial charge in [-0.1, -0.05) is 0 Å². The van der Waals surface area contributed by atoms with E-state index in [9.17, 15) is 18.0 Å². The van der Waals surface area contributed by atoms with E-state index < -0.39 is 16.1 Å². The Balaban J connectivity index is 2.17. The van der Waals surface area contributed by atoms with Crippen molar-refractivity contribution in [3.8, 4) is 5.75 Å². The summed E-state index contributed by atoms with van der Waals surface area (Å²) in [5.74, 6) is -0.191. The summed E-state index contributed by atoms with van der Waals surface area (Å²) in [5, 5.41) is 0. The van der Waals surface area contributed by atoms with Crippen LogP contribution >= 0.6 is 0 Å². The Morgan fingerprint density at radius 1 is 1.15 bits per heavy atom. The molecule has 9 heteroatoms. The van der Waals surface area contributed by atoms with Gasteiger partial charge in [0.05, 0.1) is 32.1 Å². The van der Waals surface area contributed by atoms with Crippen molar-refractivity contribution in [2.45, 2.75) is 25.8 Å². The van der Waals surface area contributed by atoms with Crippen molar-refractivity contribution in [1.82, 2.24) is 4.90 Å². The third-order valence-electron chi connectivity index (χ3n) is 4.73. The summed E-state index contributed by atoms with van der Waals surface area (Å²) in [4.78, 5) is 26.1. The Morgan fingerprint density at radius 3 is 2.15 bits per heavy atom. The van der Waals surface area contributed by atoms with Gasteiger partial charge in [-0.2, -0.15) is 0 Å². The SMILES string of the molecule is COC(=O)C1CCN(C(=O)[C@@H](C)N(c2ccc(OC)cc2)S(C)(=O)=O)CC1. The molecule has 8 nitrogen and oxygen atoms in total. The van der Waals surface area contributed by atoms with E-state index in [0.717, 1.165) is 10.6 Å². The molecule has 2 rings (SSSR count). The molecule has 0 unspecified atom stereocenters. The summed E-state index contributed by atoms with van der Waals surface area (Å²) in [7, 11) is -0.808. The van der Waals surface area contributed by atoms with Gasteiger partial charge in [-0.3, -0.25) is 13.9 Å². The molecule has 1 fully saturated rings. The number of carbonyl (C=O) groups is 2. The highest BCUT2D eigenvalue weighted by Crippen LogP contribution is 2.26. The van der Waals surface area contributed by atoms with Crippen molar-refractivity contribution < 1.29 is 27.5 Å². The monoisotopic (exact) mass is 398 g/mol. The maximum absolute atomic E-state index is 12.9. The third kappa shape index (κ3) is 4.91. The van der Waals surface area contributed by atoms with E-state index in [1.807, 2.05) is 0 Å². The quantitative estimate of drug-likeness (QED) is 0.670. The van der Waals surface area contributed by atoms with Crippen molar-refractivity contribution in [2.75, 3.05) is 37.9 Å². The number of rotatable bonds is 6. The van der Waals surface area contributed by atoms with E-state index in [1.165, 1.54) is 14.2 Å². The van der Waals surface area contributed by atoms with Crippen LogP contribution in [0.5, 0.6) is 5.75 Å². The lowest BCUT2D eigenvalue weighted by atomic mass is 9.96. The molecule has 1 saturated heterocycles. The Morgan fingerprint density at radius 2 is 1.70 bits per heavy atom. The minimum Gasteiger partial charge on any atom is -0.497 e. The Bertz CT molecular complexity index is 770. The maximum atomic E-state index is 12.9. The summed E-state index contributed by atoms with van der Waals surface area (Å²) in [6.45, 7) is 2.35. The number of esters is 1. The van der Waals surface area contributed by atoms with Crippen LogP contribution in [0.15, 0.2) is 24.3 Å². The Hall–Kier alpha value is -2.29. The molecule has 150 valence electrons. The number of sulfonamides is 1. The molecule has 27 heavy (non-hydrogen) atoms. The van der Waals surface area contributed by atoms with E-state index in [4.69, 9.17) is 9.47 Å². The van der Waals surface area contributed by atoms with Crippen LogP contribution in [0.3, 0.4) is 0 Å². The molecular weight excluding hydrogens is 372 g/mol. The van der Waals surface area contributed by atoms with Gasteiger partial charge in [0, 0.05) is 13.1 Å².